The van der Waals surface area contributed by atoms with E-state index >= 15 is 0 Å². The number of aromatic carboxylic acids is 1. The summed E-state index contributed by atoms with van der Waals surface area (Å²) < 4.78 is 0.579. The second-order valence-electron chi connectivity index (χ2n) is 2.75. The molecule has 0 fully saturated rings. The van der Waals surface area contributed by atoms with Gasteiger partial charge in [0.05, 0.1) is 5.69 Å². The Morgan fingerprint density at radius 1 is 1.67 bits per heavy atom. The molecule has 1 aromatic rings. The van der Waals surface area contributed by atoms with Gasteiger partial charge in [0.25, 0.3) is 0 Å². The summed E-state index contributed by atoms with van der Waals surface area (Å²) in [4.78, 5) is 17.0. The smallest absolute Gasteiger partial charge is 0.371 e. The minimum Gasteiger partial charge on any atom is -0.475 e. The van der Waals surface area contributed by atoms with Crippen molar-refractivity contribution in [2.45, 2.75) is 19.8 Å². The van der Waals surface area contributed by atoms with Crippen molar-refractivity contribution in [1.82, 2.24) is 9.97 Å². The van der Waals surface area contributed by atoms with Crippen LogP contribution in [0.3, 0.4) is 0 Å². The highest BCUT2D eigenvalue weighted by molar-refractivity contribution is 9.10. The molecule has 0 bridgehead atoms. The quantitative estimate of drug-likeness (QED) is 0.820. The van der Waals surface area contributed by atoms with E-state index in [0.717, 1.165) is 5.69 Å². The first-order valence-corrected chi connectivity index (χ1v) is 4.30. The van der Waals surface area contributed by atoms with Gasteiger partial charge >= 0.3 is 5.97 Å². The Hall–Kier alpha value is -0.840. The molecule has 1 aromatic heterocycles. The van der Waals surface area contributed by atoms with Gasteiger partial charge in [0.1, 0.15) is 4.60 Å². The molecule has 12 heavy (non-hydrogen) atoms. The van der Waals surface area contributed by atoms with Crippen molar-refractivity contribution in [3.05, 3.63) is 16.1 Å². The van der Waals surface area contributed by atoms with E-state index in [-0.39, 0.29) is 11.7 Å². The Balaban J connectivity index is 3.09. The molecule has 5 heteroatoms. The topological polar surface area (TPSA) is 66.0 Å². The molecule has 0 spiro atoms. The predicted molar refractivity (Wildman–Crippen MR) is 47.3 cm³/mol. The number of nitrogens with zero attached hydrogens (tertiary/aromatic N) is 1. The van der Waals surface area contributed by atoms with Gasteiger partial charge in [-0.2, -0.15) is 0 Å². The highest BCUT2D eigenvalue weighted by Crippen LogP contribution is 2.21. The van der Waals surface area contributed by atoms with Gasteiger partial charge in [-0.3, -0.25) is 0 Å². The van der Waals surface area contributed by atoms with Gasteiger partial charge in [-0.25, -0.2) is 9.78 Å². The molecule has 0 amide bonds. The molecule has 0 saturated carbocycles. The van der Waals surface area contributed by atoms with Crippen LogP contribution in [-0.2, 0) is 0 Å². The number of aromatic nitrogens is 2. The maximum Gasteiger partial charge on any atom is 0.371 e. The number of imidazole rings is 1. The average Bonchev–Trinajstić information content (AvgIpc) is 2.30. The highest BCUT2D eigenvalue weighted by atomic mass is 79.9. The summed E-state index contributed by atoms with van der Waals surface area (Å²) in [5.74, 6) is -0.826. The molecule has 4 nitrogen and oxygen atoms in total. The van der Waals surface area contributed by atoms with Crippen molar-refractivity contribution in [2.75, 3.05) is 0 Å². The maximum absolute atomic E-state index is 10.5. The average molecular weight is 233 g/mol. The maximum atomic E-state index is 10.5. The summed E-state index contributed by atoms with van der Waals surface area (Å²) in [7, 11) is 0. The molecule has 0 aliphatic heterocycles. The standard InChI is InChI=1S/C7H9BrN2O2/c1-3(2)4-5(8)10-6(9-4)7(11)12/h3H,1-2H3,(H,9,10)(H,11,12). The van der Waals surface area contributed by atoms with Crippen LogP contribution in [-0.4, -0.2) is 21.0 Å². The SMILES string of the molecule is CC(C)c1[nH]c(C(=O)O)nc1Br. The molecule has 0 unspecified atom stereocenters. The minimum atomic E-state index is -1.04. The number of carboxylic acid groups (broad SMARTS) is 1. The zero-order valence-corrected chi connectivity index (χ0v) is 8.34. The number of carboxylic acids is 1. The molecule has 0 saturated heterocycles. The van der Waals surface area contributed by atoms with E-state index in [1.165, 1.54) is 0 Å². The van der Waals surface area contributed by atoms with Crippen LogP contribution in [0.1, 0.15) is 36.1 Å². The Bertz CT molecular complexity index is 306. The van der Waals surface area contributed by atoms with Crippen LogP contribution in [0.15, 0.2) is 4.60 Å². The molecule has 0 atom stereocenters. The Labute approximate surface area is 78.1 Å². The summed E-state index contributed by atoms with van der Waals surface area (Å²) in [6.45, 7) is 3.92. The summed E-state index contributed by atoms with van der Waals surface area (Å²) >= 11 is 3.18. The van der Waals surface area contributed by atoms with Crippen LogP contribution in [0, 0.1) is 0 Å². The van der Waals surface area contributed by atoms with Gasteiger partial charge in [-0.05, 0) is 21.8 Å². The number of aromatic amines is 1. The van der Waals surface area contributed by atoms with Crippen LogP contribution in [0.2, 0.25) is 0 Å². The summed E-state index contributed by atoms with van der Waals surface area (Å²) in [5.41, 5.74) is 0.812. The van der Waals surface area contributed by atoms with Gasteiger partial charge in [-0.15, -0.1) is 0 Å². The number of carbonyl (C=O) groups is 1. The Kier molecular flexibility index (Phi) is 2.52. The van der Waals surface area contributed by atoms with Crippen molar-refractivity contribution in [3.63, 3.8) is 0 Å². The van der Waals surface area contributed by atoms with Crippen molar-refractivity contribution in [3.8, 4) is 0 Å². The molecule has 66 valence electrons. The van der Waals surface area contributed by atoms with E-state index in [0.29, 0.717) is 4.60 Å². The van der Waals surface area contributed by atoms with Crippen LogP contribution in [0.4, 0.5) is 0 Å². The molecule has 2 N–H and O–H groups in total. The van der Waals surface area contributed by atoms with E-state index in [1.807, 2.05) is 13.8 Å². The molecular formula is C7H9BrN2O2. The third-order valence-corrected chi connectivity index (χ3v) is 2.07. The summed E-state index contributed by atoms with van der Waals surface area (Å²) in [5, 5.41) is 8.59. The van der Waals surface area contributed by atoms with Gasteiger partial charge in [0, 0.05) is 0 Å². The monoisotopic (exact) mass is 232 g/mol. The Morgan fingerprint density at radius 2 is 2.25 bits per heavy atom. The second-order valence-corrected chi connectivity index (χ2v) is 3.50. The van der Waals surface area contributed by atoms with E-state index in [9.17, 15) is 4.79 Å². The van der Waals surface area contributed by atoms with Crippen molar-refractivity contribution in [2.24, 2.45) is 0 Å². The number of hydrogen-bond donors (Lipinski definition) is 2. The number of nitrogens with one attached hydrogen (secondary N) is 1. The molecule has 0 aromatic carbocycles. The molecule has 1 heterocycles. The van der Waals surface area contributed by atoms with Crippen LogP contribution >= 0.6 is 15.9 Å². The zero-order chi connectivity index (χ0) is 9.30. The fourth-order valence-corrected chi connectivity index (χ4v) is 1.58. The van der Waals surface area contributed by atoms with E-state index in [1.54, 1.807) is 0 Å². The largest absolute Gasteiger partial charge is 0.475 e. The third-order valence-electron chi connectivity index (χ3n) is 1.47. The van der Waals surface area contributed by atoms with Crippen molar-refractivity contribution < 1.29 is 9.90 Å². The molecular weight excluding hydrogens is 224 g/mol. The summed E-state index contributed by atoms with van der Waals surface area (Å²) in [6, 6.07) is 0. The van der Waals surface area contributed by atoms with Gasteiger partial charge in [0.2, 0.25) is 5.82 Å². The lowest BCUT2D eigenvalue weighted by Gasteiger charge is -1.99. The lowest BCUT2D eigenvalue weighted by molar-refractivity contribution is 0.0684. The van der Waals surface area contributed by atoms with E-state index < -0.39 is 5.97 Å². The fraction of sp³-hybridized carbons (Fsp3) is 0.429. The van der Waals surface area contributed by atoms with Gasteiger partial charge in [0.15, 0.2) is 0 Å². The van der Waals surface area contributed by atoms with Crippen molar-refractivity contribution in [1.29, 1.82) is 0 Å². The van der Waals surface area contributed by atoms with Crippen molar-refractivity contribution >= 4 is 21.9 Å². The molecule has 1 rings (SSSR count). The molecule has 0 radical (unpaired) electrons. The lowest BCUT2D eigenvalue weighted by atomic mass is 10.2. The number of rotatable bonds is 2. The van der Waals surface area contributed by atoms with E-state index in [2.05, 4.69) is 25.9 Å². The molecule has 0 aliphatic rings. The normalized spacial score (nSPS) is 10.7. The van der Waals surface area contributed by atoms with E-state index in [4.69, 9.17) is 5.11 Å². The first-order chi connectivity index (χ1) is 5.52. The number of hydrogen-bond acceptors (Lipinski definition) is 2. The zero-order valence-electron chi connectivity index (χ0n) is 6.76. The Morgan fingerprint density at radius 3 is 2.50 bits per heavy atom. The van der Waals surface area contributed by atoms with Crippen LogP contribution < -0.4 is 0 Å². The number of halogens is 1. The summed E-state index contributed by atoms with van der Waals surface area (Å²) in [6.07, 6.45) is 0. The number of H-pyrrole nitrogens is 1. The van der Waals surface area contributed by atoms with Gasteiger partial charge in [-0.1, -0.05) is 13.8 Å². The molecule has 0 aliphatic carbocycles. The lowest BCUT2D eigenvalue weighted by Crippen LogP contribution is -1.99. The third kappa shape index (κ3) is 1.66. The minimum absolute atomic E-state index is 0.0226. The van der Waals surface area contributed by atoms with Crippen LogP contribution in [0.5, 0.6) is 0 Å². The predicted octanol–water partition coefficient (Wildman–Crippen LogP) is 1.99. The fourth-order valence-electron chi connectivity index (χ4n) is 0.849. The van der Waals surface area contributed by atoms with Gasteiger partial charge < -0.3 is 10.1 Å². The highest BCUT2D eigenvalue weighted by Gasteiger charge is 2.14. The van der Waals surface area contributed by atoms with Crippen LogP contribution in [0.25, 0.3) is 0 Å². The second kappa shape index (κ2) is 3.26. The first-order valence-electron chi connectivity index (χ1n) is 3.51. The first kappa shape index (κ1) is 9.25.